The third-order valence-corrected chi connectivity index (χ3v) is 4.89. The van der Waals surface area contributed by atoms with E-state index >= 15 is 0 Å². The van der Waals surface area contributed by atoms with Crippen LogP contribution in [0.4, 0.5) is 0 Å². The Kier molecular flexibility index (Phi) is 10.8. The maximum Gasteiger partial charge on any atom is 0.191 e. The van der Waals surface area contributed by atoms with Crippen molar-refractivity contribution in [1.29, 1.82) is 0 Å². The smallest absolute Gasteiger partial charge is 0.191 e. The van der Waals surface area contributed by atoms with Gasteiger partial charge in [0, 0.05) is 37.5 Å². The van der Waals surface area contributed by atoms with Crippen molar-refractivity contribution < 1.29 is 4.74 Å². The van der Waals surface area contributed by atoms with Crippen LogP contribution in [-0.4, -0.2) is 26.2 Å². The first-order valence-electron chi connectivity index (χ1n) is 8.36. The lowest BCUT2D eigenvalue weighted by molar-refractivity contribution is 0.134. The van der Waals surface area contributed by atoms with Crippen LogP contribution in [0.1, 0.15) is 35.8 Å². The lowest BCUT2D eigenvalue weighted by Crippen LogP contribution is -2.38. The van der Waals surface area contributed by atoms with Gasteiger partial charge in [-0.3, -0.25) is 4.99 Å². The average Bonchev–Trinajstić information content (AvgIpc) is 3.15. The molecule has 0 aliphatic carbocycles. The minimum Gasteiger partial charge on any atom is -0.377 e. The average molecular weight is 473 g/mol. The van der Waals surface area contributed by atoms with Crippen molar-refractivity contribution in [1.82, 2.24) is 10.6 Å². The Balaban J connectivity index is 0.00000312. The summed E-state index contributed by atoms with van der Waals surface area (Å²) in [5.41, 5.74) is 2.43. The van der Waals surface area contributed by atoms with Gasteiger partial charge in [0.05, 0.1) is 6.61 Å². The number of nitrogens with zero attached hydrogens (tertiary/aromatic N) is 1. The summed E-state index contributed by atoms with van der Waals surface area (Å²) in [5, 5.41) is 8.87. The van der Waals surface area contributed by atoms with E-state index in [0.717, 1.165) is 25.7 Å². The summed E-state index contributed by atoms with van der Waals surface area (Å²) in [7, 11) is 1.80. The minimum atomic E-state index is 0. The SMILES string of the molecule is CCOCc1ccc(CNC(=NC)NCC(C)c2cccs2)cc1.I. The molecule has 0 bridgehead atoms. The highest BCUT2D eigenvalue weighted by atomic mass is 127. The van der Waals surface area contributed by atoms with Gasteiger partial charge in [0.25, 0.3) is 0 Å². The van der Waals surface area contributed by atoms with Gasteiger partial charge in [0.2, 0.25) is 0 Å². The molecule has 0 aliphatic rings. The minimum absolute atomic E-state index is 0. The number of hydrogen-bond donors (Lipinski definition) is 2. The molecule has 2 rings (SSSR count). The topological polar surface area (TPSA) is 45.6 Å². The van der Waals surface area contributed by atoms with Gasteiger partial charge in [-0.1, -0.05) is 37.3 Å². The number of rotatable bonds is 8. The zero-order valence-electron chi connectivity index (χ0n) is 15.1. The Hall–Kier alpha value is -1.12. The van der Waals surface area contributed by atoms with E-state index in [4.69, 9.17) is 4.74 Å². The molecule has 0 saturated carbocycles. The Labute approximate surface area is 172 Å². The Morgan fingerprint density at radius 1 is 1.16 bits per heavy atom. The van der Waals surface area contributed by atoms with Crippen molar-refractivity contribution in [3.8, 4) is 0 Å². The number of nitrogens with one attached hydrogen (secondary N) is 2. The fraction of sp³-hybridized carbons (Fsp3) is 0.421. The molecule has 4 nitrogen and oxygen atoms in total. The highest BCUT2D eigenvalue weighted by molar-refractivity contribution is 14.0. The van der Waals surface area contributed by atoms with Gasteiger partial charge < -0.3 is 15.4 Å². The van der Waals surface area contributed by atoms with Crippen LogP contribution in [0, 0.1) is 0 Å². The Morgan fingerprint density at radius 3 is 2.48 bits per heavy atom. The van der Waals surface area contributed by atoms with Crippen LogP contribution < -0.4 is 10.6 Å². The van der Waals surface area contributed by atoms with Crippen LogP contribution >= 0.6 is 35.3 Å². The molecule has 138 valence electrons. The molecule has 6 heteroatoms. The van der Waals surface area contributed by atoms with E-state index in [1.165, 1.54) is 16.0 Å². The molecule has 25 heavy (non-hydrogen) atoms. The summed E-state index contributed by atoms with van der Waals surface area (Å²) in [6.45, 7) is 7.28. The summed E-state index contributed by atoms with van der Waals surface area (Å²) in [5.74, 6) is 1.30. The molecule has 0 spiro atoms. The molecule has 1 atom stereocenters. The Morgan fingerprint density at radius 2 is 1.88 bits per heavy atom. The van der Waals surface area contributed by atoms with E-state index in [0.29, 0.717) is 12.5 Å². The van der Waals surface area contributed by atoms with Gasteiger partial charge in [-0.15, -0.1) is 35.3 Å². The third-order valence-electron chi connectivity index (χ3n) is 3.78. The maximum absolute atomic E-state index is 5.42. The quantitative estimate of drug-likeness (QED) is 0.340. The second-order valence-electron chi connectivity index (χ2n) is 5.68. The van der Waals surface area contributed by atoms with Crippen molar-refractivity contribution in [3.05, 3.63) is 57.8 Å². The summed E-state index contributed by atoms with van der Waals surface area (Å²) in [4.78, 5) is 5.68. The first kappa shape index (κ1) is 21.9. The van der Waals surface area contributed by atoms with Crippen LogP contribution in [0.2, 0.25) is 0 Å². The van der Waals surface area contributed by atoms with Gasteiger partial charge in [-0.05, 0) is 29.5 Å². The van der Waals surface area contributed by atoms with Crippen molar-refractivity contribution >= 4 is 41.3 Å². The predicted molar refractivity (Wildman–Crippen MR) is 118 cm³/mol. The fourth-order valence-corrected chi connectivity index (χ4v) is 3.09. The second kappa shape index (κ2) is 12.3. The van der Waals surface area contributed by atoms with Gasteiger partial charge in [0.15, 0.2) is 5.96 Å². The molecular formula is C19H28IN3OS. The molecule has 0 aliphatic heterocycles. The lowest BCUT2D eigenvalue weighted by atomic mass is 10.1. The summed E-state index contributed by atoms with van der Waals surface area (Å²) in [6, 6.07) is 12.8. The van der Waals surface area contributed by atoms with E-state index in [-0.39, 0.29) is 24.0 Å². The van der Waals surface area contributed by atoms with Crippen molar-refractivity contribution in [2.45, 2.75) is 32.9 Å². The zero-order valence-corrected chi connectivity index (χ0v) is 18.3. The van der Waals surface area contributed by atoms with E-state index in [9.17, 15) is 0 Å². The van der Waals surface area contributed by atoms with Crippen LogP contribution in [0.25, 0.3) is 0 Å². The van der Waals surface area contributed by atoms with Gasteiger partial charge in [-0.2, -0.15) is 0 Å². The molecule has 1 aromatic heterocycles. The van der Waals surface area contributed by atoms with Crippen molar-refractivity contribution in [3.63, 3.8) is 0 Å². The molecule has 0 fully saturated rings. The molecule has 1 aromatic carbocycles. The predicted octanol–water partition coefficient (Wildman–Crippen LogP) is 4.37. The molecule has 0 radical (unpaired) electrons. The fourth-order valence-electron chi connectivity index (χ4n) is 2.30. The van der Waals surface area contributed by atoms with E-state index in [2.05, 4.69) is 64.3 Å². The molecule has 2 N–H and O–H groups in total. The molecule has 0 saturated heterocycles. The maximum atomic E-state index is 5.42. The van der Waals surface area contributed by atoms with Crippen LogP contribution in [-0.2, 0) is 17.9 Å². The van der Waals surface area contributed by atoms with Crippen LogP contribution in [0.15, 0.2) is 46.8 Å². The number of ether oxygens (including phenoxy) is 1. The highest BCUT2D eigenvalue weighted by Gasteiger charge is 2.07. The standard InChI is InChI=1S/C19H27N3OS.HI/c1-4-23-14-17-9-7-16(8-10-17)13-22-19(20-3)21-12-15(2)18-6-5-11-24-18;/h5-11,15H,4,12-14H2,1-3H3,(H2,20,21,22);1H. The largest absolute Gasteiger partial charge is 0.377 e. The van der Waals surface area contributed by atoms with Crippen molar-refractivity contribution in [2.75, 3.05) is 20.2 Å². The van der Waals surface area contributed by atoms with Crippen LogP contribution in [0.3, 0.4) is 0 Å². The normalized spacial score (nSPS) is 12.4. The summed E-state index contributed by atoms with van der Waals surface area (Å²) < 4.78 is 5.42. The molecule has 1 heterocycles. The number of benzene rings is 1. The van der Waals surface area contributed by atoms with Gasteiger partial charge in [0.1, 0.15) is 0 Å². The first-order valence-corrected chi connectivity index (χ1v) is 9.24. The lowest BCUT2D eigenvalue weighted by Gasteiger charge is -2.15. The number of halogens is 1. The summed E-state index contributed by atoms with van der Waals surface area (Å²) >= 11 is 1.80. The zero-order chi connectivity index (χ0) is 17.2. The molecule has 0 amide bonds. The van der Waals surface area contributed by atoms with E-state index in [1.807, 2.05) is 6.92 Å². The van der Waals surface area contributed by atoms with E-state index in [1.54, 1.807) is 18.4 Å². The number of thiophene rings is 1. The number of guanidine groups is 1. The first-order chi connectivity index (χ1) is 11.7. The van der Waals surface area contributed by atoms with E-state index < -0.39 is 0 Å². The van der Waals surface area contributed by atoms with Gasteiger partial charge in [-0.25, -0.2) is 0 Å². The third kappa shape index (κ3) is 7.75. The second-order valence-corrected chi connectivity index (χ2v) is 6.66. The monoisotopic (exact) mass is 473 g/mol. The number of aliphatic imine (C=N–C) groups is 1. The van der Waals surface area contributed by atoms with Crippen molar-refractivity contribution in [2.24, 2.45) is 4.99 Å². The van der Waals surface area contributed by atoms with Gasteiger partial charge >= 0.3 is 0 Å². The van der Waals surface area contributed by atoms with Crippen LogP contribution in [0.5, 0.6) is 0 Å². The Bertz CT molecular complexity index is 614. The summed E-state index contributed by atoms with van der Waals surface area (Å²) in [6.07, 6.45) is 0. The molecule has 1 unspecified atom stereocenters. The number of hydrogen-bond acceptors (Lipinski definition) is 3. The molecular weight excluding hydrogens is 445 g/mol. The highest BCUT2D eigenvalue weighted by Crippen LogP contribution is 2.19. The molecule has 2 aromatic rings.